The topological polar surface area (TPSA) is 44.8 Å². The molecule has 16 heavy (non-hydrogen) atoms. The number of rotatable bonds is 2. The maximum atomic E-state index is 11.5. The van der Waals surface area contributed by atoms with Gasteiger partial charge in [-0.2, -0.15) is 0 Å². The van der Waals surface area contributed by atoms with E-state index in [1.165, 1.54) is 7.11 Å². The van der Waals surface area contributed by atoms with Crippen molar-refractivity contribution in [3.05, 3.63) is 35.9 Å². The lowest BCUT2D eigenvalue weighted by atomic mass is 10.0. The number of carbonyl (C=O) groups is 1. The highest BCUT2D eigenvalue weighted by Gasteiger charge is 2.34. The lowest BCUT2D eigenvalue weighted by molar-refractivity contribution is -0.184. The Morgan fingerprint density at radius 3 is 2.62 bits per heavy atom. The second-order valence-corrected chi connectivity index (χ2v) is 3.52. The van der Waals surface area contributed by atoms with E-state index >= 15 is 0 Å². The van der Waals surface area contributed by atoms with E-state index in [1.54, 1.807) is 0 Å². The molecular weight excluding hydrogens is 208 g/mol. The summed E-state index contributed by atoms with van der Waals surface area (Å²) >= 11 is 0. The molecular formula is C12H14O4. The van der Waals surface area contributed by atoms with E-state index in [2.05, 4.69) is 0 Å². The van der Waals surface area contributed by atoms with Gasteiger partial charge in [0.1, 0.15) is 6.10 Å². The smallest absolute Gasteiger partial charge is 0.338 e. The van der Waals surface area contributed by atoms with E-state index in [1.807, 2.05) is 30.3 Å². The molecule has 0 saturated carbocycles. The quantitative estimate of drug-likeness (QED) is 0.708. The minimum absolute atomic E-state index is 0.373. The van der Waals surface area contributed by atoms with Gasteiger partial charge < -0.3 is 14.2 Å². The van der Waals surface area contributed by atoms with Crippen LogP contribution in [-0.4, -0.2) is 32.4 Å². The Kier molecular flexibility index (Phi) is 3.54. The van der Waals surface area contributed by atoms with E-state index in [-0.39, 0.29) is 6.10 Å². The number of ether oxygens (including phenoxy) is 3. The van der Waals surface area contributed by atoms with Crippen LogP contribution in [0.5, 0.6) is 0 Å². The highest BCUT2D eigenvalue weighted by atomic mass is 16.6. The largest absolute Gasteiger partial charge is 0.467 e. The van der Waals surface area contributed by atoms with Crippen LogP contribution in [0.2, 0.25) is 0 Å². The van der Waals surface area contributed by atoms with Crippen LogP contribution >= 0.6 is 0 Å². The van der Waals surface area contributed by atoms with Gasteiger partial charge in [-0.05, 0) is 5.56 Å². The second kappa shape index (κ2) is 5.09. The molecule has 0 spiro atoms. The number of hydrogen-bond acceptors (Lipinski definition) is 4. The van der Waals surface area contributed by atoms with Crippen molar-refractivity contribution < 1.29 is 19.0 Å². The monoisotopic (exact) mass is 222 g/mol. The van der Waals surface area contributed by atoms with Gasteiger partial charge in [-0.3, -0.25) is 0 Å². The van der Waals surface area contributed by atoms with Crippen molar-refractivity contribution in [3.8, 4) is 0 Å². The summed E-state index contributed by atoms with van der Waals surface area (Å²) in [6.45, 7) is 0.913. The zero-order valence-electron chi connectivity index (χ0n) is 9.09. The summed E-state index contributed by atoms with van der Waals surface area (Å²) in [7, 11) is 1.35. The van der Waals surface area contributed by atoms with Crippen molar-refractivity contribution in [1.29, 1.82) is 0 Å². The predicted molar refractivity (Wildman–Crippen MR) is 56.9 cm³/mol. The lowest BCUT2D eigenvalue weighted by Crippen LogP contribution is -2.39. The van der Waals surface area contributed by atoms with Crippen molar-refractivity contribution in [1.82, 2.24) is 0 Å². The van der Waals surface area contributed by atoms with Crippen molar-refractivity contribution >= 4 is 5.97 Å². The van der Waals surface area contributed by atoms with E-state index in [0.717, 1.165) is 5.56 Å². The molecule has 1 aliphatic rings. The minimum atomic E-state index is -0.666. The van der Waals surface area contributed by atoms with Crippen LogP contribution in [-0.2, 0) is 19.0 Å². The van der Waals surface area contributed by atoms with Gasteiger partial charge in [0.2, 0.25) is 0 Å². The van der Waals surface area contributed by atoms with Crippen molar-refractivity contribution in [2.24, 2.45) is 0 Å². The average Bonchev–Trinajstić information content (AvgIpc) is 2.39. The Morgan fingerprint density at radius 1 is 1.25 bits per heavy atom. The number of benzene rings is 1. The zero-order valence-corrected chi connectivity index (χ0v) is 9.09. The zero-order chi connectivity index (χ0) is 11.4. The number of carbonyl (C=O) groups excluding carboxylic acids is 1. The molecule has 86 valence electrons. The fourth-order valence-corrected chi connectivity index (χ4v) is 1.75. The molecule has 1 heterocycles. The maximum Gasteiger partial charge on any atom is 0.338 e. The molecule has 0 amide bonds. The summed E-state index contributed by atoms with van der Waals surface area (Å²) in [6.07, 6.45) is -1.04. The molecule has 1 saturated heterocycles. The molecule has 4 heteroatoms. The molecule has 4 nitrogen and oxygen atoms in total. The molecule has 1 aliphatic heterocycles. The van der Waals surface area contributed by atoms with Crippen LogP contribution in [0.15, 0.2) is 30.3 Å². The third-order valence-electron chi connectivity index (χ3n) is 2.51. The van der Waals surface area contributed by atoms with Crippen LogP contribution in [0.25, 0.3) is 0 Å². The Morgan fingerprint density at radius 2 is 1.94 bits per heavy atom. The lowest BCUT2D eigenvalue weighted by Gasteiger charge is -2.30. The molecule has 1 fully saturated rings. The highest BCUT2D eigenvalue weighted by Crippen LogP contribution is 2.27. The van der Waals surface area contributed by atoms with Crippen LogP contribution in [0.1, 0.15) is 11.7 Å². The Labute approximate surface area is 94.1 Å². The molecule has 0 bridgehead atoms. The fraction of sp³-hybridized carbons (Fsp3) is 0.417. The van der Waals surface area contributed by atoms with Gasteiger partial charge in [-0.15, -0.1) is 0 Å². The Balaban J connectivity index is 2.20. The van der Waals surface area contributed by atoms with Gasteiger partial charge in [-0.25, -0.2) is 4.79 Å². The third kappa shape index (κ3) is 2.23. The second-order valence-electron chi connectivity index (χ2n) is 3.52. The van der Waals surface area contributed by atoms with E-state index < -0.39 is 12.1 Å². The molecule has 0 N–H and O–H groups in total. The normalized spacial score (nSPS) is 25.1. The number of hydrogen-bond donors (Lipinski definition) is 0. The Bertz CT molecular complexity index is 349. The summed E-state index contributed by atoms with van der Waals surface area (Å²) in [5, 5.41) is 0. The van der Waals surface area contributed by atoms with Gasteiger partial charge >= 0.3 is 5.97 Å². The summed E-state index contributed by atoms with van der Waals surface area (Å²) in [5.74, 6) is -0.395. The average molecular weight is 222 g/mol. The van der Waals surface area contributed by atoms with Crippen molar-refractivity contribution in [3.63, 3.8) is 0 Å². The van der Waals surface area contributed by atoms with Gasteiger partial charge in [0.05, 0.1) is 20.3 Å². The van der Waals surface area contributed by atoms with E-state index in [0.29, 0.717) is 13.2 Å². The van der Waals surface area contributed by atoms with Gasteiger partial charge in [0.15, 0.2) is 6.10 Å². The molecule has 2 rings (SSSR count). The third-order valence-corrected chi connectivity index (χ3v) is 2.51. The van der Waals surface area contributed by atoms with Crippen LogP contribution in [0, 0.1) is 0 Å². The molecule has 1 aromatic carbocycles. The van der Waals surface area contributed by atoms with E-state index in [4.69, 9.17) is 14.2 Å². The first-order valence-corrected chi connectivity index (χ1v) is 5.19. The SMILES string of the molecule is COC(=O)C1OCCOC1c1ccccc1. The Hall–Kier alpha value is -1.39. The standard InChI is InChI=1S/C12H14O4/c1-14-12(13)11-10(15-7-8-16-11)9-5-3-2-4-6-9/h2-6,10-11H,7-8H2,1H3. The molecule has 2 atom stereocenters. The maximum absolute atomic E-state index is 11.5. The molecule has 0 radical (unpaired) electrons. The van der Waals surface area contributed by atoms with E-state index in [9.17, 15) is 4.79 Å². The molecule has 1 aromatic rings. The first-order chi connectivity index (χ1) is 7.83. The van der Waals surface area contributed by atoms with Crippen molar-refractivity contribution in [2.45, 2.75) is 12.2 Å². The molecule has 0 aliphatic carbocycles. The minimum Gasteiger partial charge on any atom is -0.467 e. The number of methoxy groups -OCH3 is 1. The first-order valence-electron chi connectivity index (χ1n) is 5.19. The van der Waals surface area contributed by atoms with Gasteiger partial charge in [0.25, 0.3) is 0 Å². The fourth-order valence-electron chi connectivity index (χ4n) is 1.75. The summed E-state index contributed by atoms with van der Waals surface area (Å²) in [4.78, 5) is 11.5. The first kappa shape index (κ1) is 11.1. The summed E-state index contributed by atoms with van der Waals surface area (Å²) in [5.41, 5.74) is 0.928. The van der Waals surface area contributed by atoms with Crippen molar-refractivity contribution in [2.75, 3.05) is 20.3 Å². The predicted octanol–water partition coefficient (Wildman–Crippen LogP) is 1.32. The van der Waals surface area contributed by atoms with Gasteiger partial charge in [-0.1, -0.05) is 30.3 Å². The van der Waals surface area contributed by atoms with Crippen LogP contribution in [0.4, 0.5) is 0 Å². The van der Waals surface area contributed by atoms with Gasteiger partial charge in [0, 0.05) is 0 Å². The summed E-state index contributed by atoms with van der Waals surface area (Å²) < 4.78 is 15.7. The summed E-state index contributed by atoms with van der Waals surface area (Å²) in [6, 6.07) is 9.55. The molecule has 0 aromatic heterocycles. The van der Waals surface area contributed by atoms with Crippen LogP contribution in [0.3, 0.4) is 0 Å². The molecule has 2 unspecified atom stereocenters. The number of esters is 1. The van der Waals surface area contributed by atoms with Crippen LogP contribution < -0.4 is 0 Å². The highest BCUT2D eigenvalue weighted by molar-refractivity contribution is 5.75.